The molecular weight excluding hydrogens is 430 g/mol. The van der Waals surface area contributed by atoms with Crippen molar-refractivity contribution in [3.8, 4) is 0 Å². The molecule has 3 aromatic rings. The molecule has 0 aliphatic rings. The number of halogens is 2. The van der Waals surface area contributed by atoms with Crippen LogP contribution in [0.5, 0.6) is 0 Å². The van der Waals surface area contributed by atoms with Crippen LogP contribution in [-0.2, 0) is 10.0 Å². The molecule has 0 aliphatic carbocycles. The van der Waals surface area contributed by atoms with Crippen LogP contribution in [0.25, 0.3) is 10.8 Å². The zero-order valence-corrected chi connectivity index (χ0v) is 15.2. The number of rotatable bonds is 3. The van der Waals surface area contributed by atoms with Crippen LogP contribution in [0.4, 0.5) is 5.69 Å². The first kappa shape index (κ1) is 15.5. The normalized spacial score (nSPS) is 11.5. The number of hydrogen-bond acceptors (Lipinski definition) is 2. The van der Waals surface area contributed by atoms with Gasteiger partial charge in [0.15, 0.2) is 0 Å². The van der Waals surface area contributed by atoms with Crippen molar-refractivity contribution >= 4 is 58.3 Å². The van der Waals surface area contributed by atoms with Crippen LogP contribution in [-0.4, -0.2) is 8.42 Å². The minimum Gasteiger partial charge on any atom is -0.278 e. The molecule has 6 heteroatoms. The molecule has 0 fully saturated rings. The maximum atomic E-state index is 12.5. The first-order chi connectivity index (χ1) is 10.5. The van der Waals surface area contributed by atoms with E-state index in [4.69, 9.17) is 0 Å². The summed E-state index contributed by atoms with van der Waals surface area (Å²) in [5.41, 5.74) is 0.497. The molecule has 22 heavy (non-hydrogen) atoms. The van der Waals surface area contributed by atoms with Gasteiger partial charge in [-0.05, 0) is 57.0 Å². The van der Waals surface area contributed by atoms with Crippen molar-refractivity contribution in [1.29, 1.82) is 0 Å². The molecule has 0 heterocycles. The second-order valence-corrected chi connectivity index (χ2v) is 8.19. The van der Waals surface area contributed by atoms with E-state index in [1.165, 1.54) is 0 Å². The standard InChI is InChI=1S/C16H11Br2NO2S/c17-13-6-8-16(15(18)10-13)19-22(20,21)14-7-5-11-3-1-2-4-12(11)9-14/h1-10,19H. The second kappa shape index (κ2) is 6.02. The molecule has 0 amide bonds. The second-order valence-electron chi connectivity index (χ2n) is 4.74. The Labute approximate surface area is 145 Å². The molecule has 0 radical (unpaired) electrons. The van der Waals surface area contributed by atoms with Crippen LogP contribution in [0.1, 0.15) is 0 Å². The minimum atomic E-state index is -3.64. The molecule has 1 N–H and O–H groups in total. The smallest absolute Gasteiger partial charge is 0.261 e. The van der Waals surface area contributed by atoms with Crippen molar-refractivity contribution in [2.45, 2.75) is 4.90 Å². The minimum absolute atomic E-state index is 0.237. The van der Waals surface area contributed by atoms with Gasteiger partial charge < -0.3 is 0 Å². The summed E-state index contributed by atoms with van der Waals surface area (Å²) in [5.74, 6) is 0. The van der Waals surface area contributed by atoms with Gasteiger partial charge in [0.1, 0.15) is 0 Å². The third-order valence-electron chi connectivity index (χ3n) is 3.21. The van der Waals surface area contributed by atoms with Crippen molar-refractivity contribution in [1.82, 2.24) is 0 Å². The predicted molar refractivity (Wildman–Crippen MR) is 96.6 cm³/mol. The number of anilines is 1. The zero-order valence-electron chi connectivity index (χ0n) is 11.3. The van der Waals surface area contributed by atoms with Gasteiger partial charge in [-0.1, -0.05) is 46.3 Å². The molecule has 0 spiro atoms. The maximum absolute atomic E-state index is 12.5. The van der Waals surface area contributed by atoms with Gasteiger partial charge in [-0.15, -0.1) is 0 Å². The van der Waals surface area contributed by atoms with Gasteiger partial charge in [0, 0.05) is 8.95 Å². The Kier molecular flexibility index (Phi) is 4.25. The van der Waals surface area contributed by atoms with Crippen LogP contribution < -0.4 is 4.72 Å². The zero-order chi connectivity index (χ0) is 15.7. The van der Waals surface area contributed by atoms with Crippen LogP contribution in [0.3, 0.4) is 0 Å². The van der Waals surface area contributed by atoms with Crippen molar-refractivity contribution in [3.05, 3.63) is 69.6 Å². The largest absolute Gasteiger partial charge is 0.278 e. The molecule has 3 aromatic carbocycles. The third kappa shape index (κ3) is 3.19. The van der Waals surface area contributed by atoms with Crippen molar-refractivity contribution in [2.75, 3.05) is 4.72 Å². The predicted octanol–water partition coefficient (Wildman–Crippen LogP) is 5.17. The van der Waals surface area contributed by atoms with E-state index in [1.807, 2.05) is 24.3 Å². The highest BCUT2D eigenvalue weighted by molar-refractivity contribution is 9.11. The number of nitrogens with one attached hydrogen (secondary N) is 1. The summed E-state index contributed by atoms with van der Waals surface area (Å²) >= 11 is 6.70. The summed E-state index contributed by atoms with van der Waals surface area (Å²) in [7, 11) is -3.64. The average molecular weight is 441 g/mol. The van der Waals surface area contributed by atoms with Gasteiger partial charge in [0.25, 0.3) is 10.0 Å². The number of benzene rings is 3. The average Bonchev–Trinajstić information content (AvgIpc) is 2.49. The molecule has 0 unspecified atom stereocenters. The van der Waals surface area contributed by atoms with E-state index in [0.717, 1.165) is 15.2 Å². The van der Waals surface area contributed by atoms with Gasteiger partial charge in [-0.3, -0.25) is 4.72 Å². The summed E-state index contributed by atoms with van der Waals surface area (Å²) in [5, 5.41) is 1.89. The summed E-state index contributed by atoms with van der Waals surface area (Å²) in [4.78, 5) is 0.237. The molecule has 0 aromatic heterocycles. The lowest BCUT2D eigenvalue weighted by molar-refractivity contribution is 0.601. The van der Waals surface area contributed by atoms with Gasteiger partial charge >= 0.3 is 0 Å². The molecule has 112 valence electrons. The van der Waals surface area contributed by atoms with Gasteiger partial charge in [-0.25, -0.2) is 8.42 Å². The lowest BCUT2D eigenvalue weighted by Gasteiger charge is -2.10. The topological polar surface area (TPSA) is 46.2 Å². The molecule has 0 saturated heterocycles. The maximum Gasteiger partial charge on any atom is 0.261 e. The fourth-order valence-electron chi connectivity index (χ4n) is 2.11. The van der Waals surface area contributed by atoms with Crippen LogP contribution in [0.2, 0.25) is 0 Å². The number of fused-ring (bicyclic) bond motifs is 1. The Morgan fingerprint density at radius 3 is 2.27 bits per heavy atom. The third-order valence-corrected chi connectivity index (χ3v) is 5.72. The SMILES string of the molecule is O=S(=O)(Nc1ccc(Br)cc1Br)c1ccc2ccccc2c1. The Morgan fingerprint density at radius 2 is 1.55 bits per heavy atom. The van der Waals surface area contributed by atoms with Crippen molar-refractivity contribution < 1.29 is 8.42 Å². The summed E-state index contributed by atoms with van der Waals surface area (Å²) in [6.45, 7) is 0. The van der Waals surface area contributed by atoms with E-state index in [-0.39, 0.29) is 4.90 Å². The summed E-state index contributed by atoms with van der Waals surface area (Å²) < 4.78 is 29.2. The fraction of sp³-hybridized carbons (Fsp3) is 0. The van der Waals surface area contributed by atoms with Crippen LogP contribution in [0, 0.1) is 0 Å². The fourth-order valence-corrected chi connectivity index (χ4v) is 4.50. The van der Waals surface area contributed by atoms with Gasteiger partial charge in [0.2, 0.25) is 0 Å². The van der Waals surface area contributed by atoms with E-state index >= 15 is 0 Å². The monoisotopic (exact) mass is 439 g/mol. The molecule has 0 atom stereocenters. The highest BCUT2D eigenvalue weighted by Crippen LogP contribution is 2.28. The summed E-state index contributed by atoms with van der Waals surface area (Å²) in [6.07, 6.45) is 0. The number of sulfonamides is 1. The quantitative estimate of drug-likeness (QED) is 0.610. The lowest BCUT2D eigenvalue weighted by Crippen LogP contribution is -2.13. The Morgan fingerprint density at radius 1 is 0.818 bits per heavy atom. The van der Waals surface area contributed by atoms with E-state index < -0.39 is 10.0 Å². The lowest BCUT2D eigenvalue weighted by atomic mass is 10.1. The van der Waals surface area contributed by atoms with Crippen LogP contribution >= 0.6 is 31.9 Å². The summed E-state index contributed by atoms with van der Waals surface area (Å²) in [6, 6.07) is 18.0. The molecule has 0 aliphatic heterocycles. The molecular formula is C16H11Br2NO2S. The van der Waals surface area contributed by atoms with Crippen molar-refractivity contribution in [3.63, 3.8) is 0 Å². The van der Waals surface area contributed by atoms with E-state index in [2.05, 4.69) is 36.6 Å². The Balaban J connectivity index is 2.00. The van der Waals surface area contributed by atoms with Gasteiger partial charge in [0.05, 0.1) is 10.6 Å². The first-order valence-corrected chi connectivity index (χ1v) is 9.49. The van der Waals surface area contributed by atoms with Crippen molar-refractivity contribution in [2.24, 2.45) is 0 Å². The Hall–Kier alpha value is -1.37. The molecule has 0 bridgehead atoms. The highest BCUT2D eigenvalue weighted by Gasteiger charge is 2.16. The molecule has 0 saturated carbocycles. The van der Waals surface area contributed by atoms with E-state index in [1.54, 1.807) is 36.4 Å². The van der Waals surface area contributed by atoms with Crippen LogP contribution in [0.15, 0.2) is 74.5 Å². The first-order valence-electron chi connectivity index (χ1n) is 6.42. The Bertz CT molecular complexity index is 955. The van der Waals surface area contributed by atoms with Gasteiger partial charge in [-0.2, -0.15) is 0 Å². The molecule has 3 nitrogen and oxygen atoms in total. The molecule has 3 rings (SSSR count). The van der Waals surface area contributed by atoms with E-state index in [9.17, 15) is 8.42 Å². The number of hydrogen-bond donors (Lipinski definition) is 1. The highest BCUT2D eigenvalue weighted by atomic mass is 79.9. The van der Waals surface area contributed by atoms with E-state index in [0.29, 0.717) is 10.2 Å².